The van der Waals surface area contributed by atoms with Gasteiger partial charge in [0.05, 0.1) is 12.0 Å². The van der Waals surface area contributed by atoms with Crippen LogP contribution in [0.4, 0.5) is 0 Å². The van der Waals surface area contributed by atoms with Gasteiger partial charge in [0, 0.05) is 19.0 Å². The van der Waals surface area contributed by atoms with Gasteiger partial charge in [-0.05, 0) is 31.7 Å². The molecule has 0 spiro atoms. The van der Waals surface area contributed by atoms with Crippen molar-refractivity contribution in [1.29, 1.82) is 5.26 Å². The van der Waals surface area contributed by atoms with Crippen LogP contribution in [-0.2, 0) is 4.79 Å². The van der Waals surface area contributed by atoms with E-state index in [4.69, 9.17) is 5.26 Å². The van der Waals surface area contributed by atoms with E-state index in [9.17, 15) is 4.79 Å². The highest BCUT2D eigenvalue weighted by molar-refractivity contribution is 5.83. The maximum absolute atomic E-state index is 12.4. The summed E-state index contributed by atoms with van der Waals surface area (Å²) in [5, 5.41) is 8.86. The monoisotopic (exact) mass is 256 g/mol. The number of hydrogen-bond acceptors (Lipinski definition) is 2. The van der Waals surface area contributed by atoms with Crippen molar-refractivity contribution in [3.05, 3.63) is 35.9 Å². The van der Waals surface area contributed by atoms with Crippen LogP contribution in [0.25, 0.3) is 0 Å². The normalized spacial score (nSPS) is 22.4. The Morgan fingerprint density at radius 1 is 1.47 bits per heavy atom. The van der Waals surface area contributed by atoms with Crippen LogP contribution < -0.4 is 0 Å². The second-order valence-electron chi connectivity index (χ2n) is 5.27. The zero-order valence-electron chi connectivity index (χ0n) is 11.5. The average Bonchev–Trinajstić information content (AvgIpc) is 3.25. The van der Waals surface area contributed by atoms with Crippen LogP contribution in [-0.4, -0.2) is 23.9 Å². The molecule has 1 fully saturated rings. The molecule has 1 aromatic carbocycles. The lowest BCUT2D eigenvalue weighted by atomic mass is 10.1. The van der Waals surface area contributed by atoms with Gasteiger partial charge in [-0.25, -0.2) is 0 Å². The molecule has 1 aromatic rings. The topological polar surface area (TPSA) is 44.1 Å². The second-order valence-corrected chi connectivity index (χ2v) is 5.27. The summed E-state index contributed by atoms with van der Waals surface area (Å²) >= 11 is 0. The van der Waals surface area contributed by atoms with Gasteiger partial charge < -0.3 is 4.90 Å². The van der Waals surface area contributed by atoms with Crippen LogP contribution >= 0.6 is 0 Å². The molecule has 0 aromatic heterocycles. The lowest BCUT2D eigenvalue weighted by Crippen LogP contribution is -2.35. The molecule has 0 radical (unpaired) electrons. The molecule has 3 nitrogen and oxygen atoms in total. The van der Waals surface area contributed by atoms with E-state index in [1.54, 1.807) is 0 Å². The van der Waals surface area contributed by atoms with E-state index in [2.05, 4.69) is 18.2 Å². The number of rotatable bonds is 5. The van der Waals surface area contributed by atoms with Gasteiger partial charge in [-0.2, -0.15) is 5.26 Å². The molecule has 2 rings (SSSR count). The van der Waals surface area contributed by atoms with Crippen LogP contribution in [0.15, 0.2) is 30.3 Å². The quantitative estimate of drug-likeness (QED) is 0.813. The lowest BCUT2D eigenvalue weighted by molar-refractivity contribution is -0.132. The first-order chi connectivity index (χ1) is 9.17. The van der Waals surface area contributed by atoms with Crippen molar-refractivity contribution >= 4 is 5.91 Å². The molecule has 0 aliphatic heterocycles. The highest BCUT2D eigenvalue weighted by atomic mass is 16.2. The maximum atomic E-state index is 12.4. The van der Waals surface area contributed by atoms with E-state index in [1.807, 2.05) is 36.9 Å². The summed E-state index contributed by atoms with van der Waals surface area (Å²) < 4.78 is 0. The van der Waals surface area contributed by atoms with Gasteiger partial charge >= 0.3 is 0 Å². The van der Waals surface area contributed by atoms with Gasteiger partial charge in [-0.3, -0.25) is 4.79 Å². The minimum atomic E-state index is -0.0992. The number of carbonyl (C=O) groups excluding carboxylic acids is 1. The van der Waals surface area contributed by atoms with Crippen molar-refractivity contribution in [2.45, 2.75) is 26.2 Å². The Labute approximate surface area is 114 Å². The zero-order valence-corrected chi connectivity index (χ0v) is 11.5. The summed E-state index contributed by atoms with van der Waals surface area (Å²) in [4.78, 5) is 14.2. The fourth-order valence-corrected chi connectivity index (χ4v) is 2.52. The Hall–Kier alpha value is -1.82. The first-order valence-electron chi connectivity index (χ1n) is 6.90. The first kappa shape index (κ1) is 13.6. The molecule has 1 aliphatic rings. The van der Waals surface area contributed by atoms with Crippen molar-refractivity contribution in [2.75, 3.05) is 13.1 Å². The molecule has 1 amide bonds. The molecule has 3 atom stereocenters. The largest absolute Gasteiger partial charge is 0.341 e. The lowest BCUT2D eigenvalue weighted by Gasteiger charge is -2.22. The zero-order chi connectivity index (χ0) is 13.8. The predicted octanol–water partition coefficient (Wildman–Crippen LogP) is 2.80. The Bertz CT molecular complexity index is 477. The van der Waals surface area contributed by atoms with Gasteiger partial charge in [0.15, 0.2) is 0 Å². The Balaban J connectivity index is 1.96. The van der Waals surface area contributed by atoms with E-state index < -0.39 is 0 Å². The third-order valence-electron chi connectivity index (χ3n) is 3.74. The first-order valence-corrected chi connectivity index (χ1v) is 6.90. The van der Waals surface area contributed by atoms with Crippen molar-refractivity contribution in [3.63, 3.8) is 0 Å². The summed E-state index contributed by atoms with van der Waals surface area (Å²) in [7, 11) is 0. The molecule has 3 heteroatoms. The average molecular weight is 256 g/mol. The SMILES string of the molecule is CCN(CC(C)C#N)C(=O)C1CC1c1ccccc1. The second kappa shape index (κ2) is 5.88. The fourth-order valence-electron chi connectivity index (χ4n) is 2.52. The third-order valence-corrected chi connectivity index (χ3v) is 3.74. The van der Waals surface area contributed by atoms with E-state index >= 15 is 0 Å². The molecule has 3 unspecified atom stereocenters. The number of benzene rings is 1. The third kappa shape index (κ3) is 3.14. The molecule has 0 heterocycles. The number of nitrogens with zero attached hydrogens (tertiary/aromatic N) is 2. The number of amides is 1. The van der Waals surface area contributed by atoms with Crippen molar-refractivity contribution in [1.82, 2.24) is 4.90 Å². The molecule has 0 saturated heterocycles. The van der Waals surface area contributed by atoms with E-state index in [-0.39, 0.29) is 17.7 Å². The van der Waals surface area contributed by atoms with E-state index in [1.165, 1.54) is 5.56 Å². The highest BCUT2D eigenvalue weighted by Gasteiger charge is 2.45. The fraction of sp³-hybridized carbons (Fsp3) is 0.500. The van der Waals surface area contributed by atoms with E-state index in [0.717, 1.165) is 6.42 Å². The van der Waals surface area contributed by atoms with Crippen LogP contribution in [0.2, 0.25) is 0 Å². The Morgan fingerprint density at radius 3 is 2.74 bits per heavy atom. The van der Waals surface area contributed by atoms with Gasteiger partial charge in [0.1, 0.15) is 0 Å². The van der Waals surface area contributed by atoms with Crippen LogP contribution in [0.1, 0.15) is 31.7 Å². The Kier molecular flexibility index (Phi) is 4.21. The smallest absolute Gasteiger partial charge is 0.226 e. The predicted molar refractivity (Wildman–Crippen MR) is 74.3 cm³/mol. The molecule has 0 N–H and O–H groups in total. The number of nitriles is 1. The van der Waals surface area contributed by atoms with Gasteiger partial charge in [-0.15, -0.1) is 0 Å². The number of carbonyl (C=O) groups is 1. The van der Waals surface area contributed by atoms with Gasteiger partial charge in [0.25, 0.3) is 0 Å². The summed E-state index contributed by atoms with van der Waals surface area (Å²) in [5.74, 6) is 0.602. The molecule has 1 saturated carbocycles. The summed E-state index contributed by atoms with van der Waals surface area (Å²) in [5.41, 5.74) is 1.25. The molecule has 100 valence electrons. The van der Waals surface area contributed by atoms with E-state index in [0.29, 0.717) is 19.0 Å². The summed E-state index contributed by atoms with van der Waals surface area (Å²) in [6.45, 7) is 5.06. The van der Waals surface area contributed by atoms with Crippen LogP contribution in [0, 0.1) is 23.2 Å². The van der Waals surface area contributed by atoms with Crippen LogP contribution in [0.5, 0.6) is 0 Å². The van der Waals surface area contributed by atoms with Crippen molar-refractivity contribution in [3.8, 4) is 6.07 Å². The maximum Gasteiger partial charge on any atom is 0.226 e. The molecule has 19 heavy (non-hydrogen) atoms. The molecular weight excluding hydrogens is 236 g/mol. The summed E-state index contributed by atoms with van der Waals surface area (Å²) in [6.07, 6.45) is 0.945. The number of hydrogen-bond donors (Lipinski definition) is 0. The highest BCUT2D eigenvalue weighted by Crippen LogP contribution is 2.48. The minimum absolute atomic E-state index is 0.0992. The van der Waals surface area contributed by atoms with Gasteiger partial charge in [0.2, 0.25) is 5.91 Å². The van der Waals surface area contributed by atoms with Crippen molar-refractivity contribution < 1.29 is 4.79 Å². The Morgan fingerprint density at radius 2 is 2.16 bits per heavy atom. The van der Waals surface area contributed by atoms with Crippen LogP contribution in [0.3, 0.4) is 0 Å². The molecule has 1 aliphatic carbocycles. The summed E-state index contributed by atoms with van der Waals surface area (Å²) in [6, 6.07) is 12.4. The molecular formula is C16H20N2O. The minimum Gasteiger partial charge on any atom is -0.341 e. The van der Waals surface area contributed by atoms with Crippen molar-refractivity contribution in [2.24, 2.45) is 11.8 Å². The molecule has 0 bridgehead atoms. The standard InChI is InChI=1S/C16H20N2O/c1-3-18(11-12(2)10-17)16(19)15-9-14(15)13-7-5-4-6-8-13/h4-8,12,14-15H,3,9,11H2,1-2H3. The van der Waals surface area contributed by atoms with Gasteiger partial charge in [-0.1, -0.05) is 30.3 Å².